The molecule has 0 bridgehead atoms. The number of rotatable bonds is 5. The van der Waals surface area contributed by atoms with Gasteiger partial charge in [0.2, 0.25) is 0 Å². The van der Waals surface area contributed by atoms with Crippen molar-refractivity contribution < 1.29 is 13.2 Å². The number of fused-ring (bicyclic) bond motifs is 1. The summed E-state index contributed by atoms with van der Waals surface area (Å²) >= 11 is 0. The number of nitrogens with zero attached hydrogens (tertiary/aromatic N) is 1. The molecule has 134 valence electrons. The molecule has 0 amide bonds. The monoisotopic (exact) mass is 352 g/mol. The average molecular weight is 353 g/mol. The van der Waals surface area contributed by atoms with Crippen LogP contribution in [-0.4, -0.2) is 39.0 Å². The Kier molecular flexibility index (Phi) is 5.59. The number of benzene rings is 1. The first-order chi connectivity index (χ1) is 11.5. The Hall–Kier alpha value is -0.950. The molecule has 0 unspecified atom stereocenters. The van der Waals surface area contributed by atoms with Crippen LogP contribution in [0.4, 0.5) is 0 Å². The van der Waals surface area contributed by atoms with Crippen LogP contribution in [-0.2, 0) is 27.8 Å². The summed E-state index contributed by atoms with van der Waals surface area (Å²) < 4.78 is 34.9. The standard InChI is InChI=1S/C18H28N2O3S/c1-14(16-8-7-15-5-3-4-6-17(15)13-16)19-24(21,22)20-11-9-18(23-2)10-12-20/h7-8,13-14,18-19H,3-6,9-12H2,1-2H3/t14-/m0/s1. The molecular weight excluding hydrogens is 324 g/mol. The summed E-state index contributed by atoms with van der Waals surface area (Å²) in [5.74, 6) is 0. The van der Waals surface area contributed by atoms with Gasteiger partial charge in [-0.3, -0.25) is 0 Å². The topological polar surface area (TPSA) is 58.6 Å². The van der Waals surface area contributed by atoms with E-state index in [1.807, 2.05) is 6.92 Å². The molecule has 1 aromatic carbocycles. The molecule has 1 aliphatic carbocycles. The minimum atomic E-state index is -3.46. The summed E-state index contributed by atoms with van der Waals surface area (Å²) in [6.07, 6.45) is 6.42. The molecule has 3 rings (SSSR count). The molecule has 6 heteroatoms. The number of methoxy groups -OCH3 is 1. The molecule has 0 saturated carbocycles. The number of hydrogen-bond acceptors (Lipinski definition) is 3. The average Bonchev–Trinajstić information content (AvgIpc) is 2.61. The van der Waals surface area contributed by atoms with Crippen LogP contribution in [0, 0.1) is 0 Å². The van der Waals surface area contributed by atoms with Crippen molar-refractivity contribution in [3.05, 3.63) is 34.9 Å². The van der Waals surface area contributed by atoms with E-state index in [-0.39, 0.29) is 12.1 Å². The summed E-state index contributed by atoms with van der Waals surface area (Å²) in [6, 6.07) is 6.19. The van der Waals surface area contributed by atoms with Gasteiger partial charge in [-0.2, -0.15) is 17.4 Å². The van der Waals surface area contributed by atoms with E-state index in [0.717, 1.165) is 31.2 Å². The van der Waals surface area contributed by atoms with Gasteiger partial charge in [-0.15, -0.1) is 0 Å². The van der Waals surface area contributed by atoms with E-state index in [2.05, 4.69) is 22.9 Å². The molecule has 1 aromatic rings. The fourth-order valence-corrected chi connectivity index (χ4v) is 5.12. The second-order valence-corrected chi connectivity index (χ2v) is 8.62. The number of piperidine rings is 1. The first kappa shape index (κ1) is 17.9. The summed E-state index contributed by atoms with van der Waals surface area (Å²) in [7, 11) is -1.77. The maximum Gasteiger partial charge on any atom is 0.279 e. The fourth-order valence-electron chi connectivity index (χ4n) is 3.70. The Bertz CT molecular complexity index is 667. The van der Waals surface area contributed by atoms with Crippen molar-refractivity contribution in [3.8, 4) is 0 Å². The summed E-state index contributed by atoms with van der Waals surface area (Å²) in [4.78, 5) is 0. The van der Waals surface area contributed by atoms with Crippen molar-refractivity contribution in [1.29, 1.82) is 0 Å². The lowest BCUT2D eigenvalue weighted by atomic mass is 9.89. The Morgan fingerprint density at radius 2 is 1.83 bits per heavy atom. The maximum absolute atomic E-state index is 12.6. The van der Waals surface area contributed by atoms with Crippen LogP contribution in [0.25, 0.3) is 0 Å². The van der Waals surface area contributed by atoms with Gasteiger partial charge in [0.1, 0.15) is 0 Å². The van der Waals surface area contributed by atoms with Crippen LogP contribution < -0.4 is 4.72 Å². The lowest BCUT2D eigenvalue weighted by Gasteiger charge is -2.31. The smallest absolute Gasteiger partial charge is 0.279 e. The van der Waals surface area contributed by atoms with Crippen LogP contribution in [0.1, 0.15) is 55.3 Å². The number of hydrogen-bond donors (Lipinski definition) is 1. The van der Waals surface area contributed by atoms with E-state index in [1.54, 1.807) is 7.11 Å². The second-order valence-electron chi connectivity index (χ2n) is 6.91. The third kappa shape index (κ3) is 3.99. The van der Waals surface area contributed by atoms with E-state index in [9.17, 15) is 8.42 Å². The van der Waals surface area contributed by atoms with Gasteiger partial charge in [0.05, 0.1) is 6.10 Å². The van der Waals surface area contributed by atoms with Gasteiger partial charge in [0, 0.05) is 26.2 Å². The van der Waals surface area contributed by atoms with Gasteiger partial charge in [0.25, 0.3) is 10.2 Å². The fraction of sp³-hybridized carbons (Fsp3) is 0.667. The van der Waals surface area contributed by atoms with Crippen molar-refractivity contribution in [2.75, 3.05) is 20.2 Å². The lowest BCUT2D eigenvalue weighted by Crippen LogP contribution is -2.46. The minimum Gasteiger partial charge on any atom is -0.381 e. The zero-order chi connectivity index (χ0) is 17.2. The third-order valence-electron chi connectivity index (χ3n) is 5.27. The van der Waals surface area contributed by atoms with E-state index >= 15 is 0 Å². The zero-order valence-electron chi connectivity index (χ0n) is 14.6. The molecule has 0 spiro atoms. The first-order valence-electron chi connectivity index (χ1n) is 8.91. The van der Waals surface area contributed by atoms with E-state index in [0.29, 0.717) is 13.1 Å². The van der Waals surface area contributed by atoms with E-state index < -0.39 is 10.2 Å². The summed E-state index contributed by atoms with van der Waals surface area (Å²) in [5.41, 5.74) is 3.85. The molecule has 5 nitrogen and oxygen atoms in total. The Labute approximate surface area is 145 Å². The molecule has 1 N–H and O–H groups in total. The number of aryl methyl sites for hydroxylation is 2. The molecule has 0 radical (unpaired) electrons. The third-order valence-corrected chi connectivity index (χ3v) is 6.97. The molecule has 1 fully saturated rings. The molecule has 1 saturated heterocycles. The quantitative estimate of drug-likeness (QED) is 0.886. The second kappa shape index (κ2) is 7.52. The highest BCUT2D eigenvalue weighted by Gasteiger charge is 2.29. The predicted octanol–water partition coefficient (Wildman–Crippen LogP) is 2.57. The maximum atomic E-state index is 12.6. The van der Waals surface area contributed by atoms with Gasteiger partial charge in [-0.1, -0.05) is 18.2 Å². The molecule has 1 aliphatic heterocycles. The van der Waals surface area contributed by atoms with Gasteiger partial charge < -0.3 is 4.74 Å². The molecule has 2 aliphatic rings. The Morgan fingerprint density at radius 3 is 2.50 bits per heavy atom. The zero-order valence-corrected chi connectivity index (χ0v) is 15.4. The van der Waals surface area contributed by atoms with Crippen molar-refractivity contribution in [2.45, 2.75) is 57.6 Å². The normalized spacial score (nSPS) is 21.4. The SMILES string of the molecule is COC1CCN(S(=O)(=O)N[C@@H](C)c2ccc3c(c2)CCCC3)CC1. The highest BCUT2D eigenvalue weighted by molar-refractivity contribution is 7.87. The van der Waals surface area contributed by atoms with Crippen LogP contribution in [0.5, 0.6) is 0 Å². The molecule has 1 heterocycles. The highest BCUT2D eigenvalue weighted by atomic mass is 32.2. The van der Waals surface area contributed by atoms with E-state index in [4.69, 9.17) is 4.74 Å². The van der Waals surface area contributed by atoms with Gasteiger partial charge in [-0.25, -0.2) is 0 Å². The number of nitrogens with one attached hydrogen (secondary N) is 1. The Balaban J connectivity index is 1.66. The molecular formula is C18H28N2O3S. The van der Waals surface area contributed by atoms with Crippen molar-refractivity contribution in [3.63, 3.8) is 0 Å². The van der Waals surface area contributed by atoms with Crippen LogP contribution in [0.15, 0.2) is 18.2 Å². The summed E-state index contributed by atoms with van der Waals surface area (Å²) in [6.45, 7) is 2.96. The number of ether oxygens (including phenoxy) is 1. The van der Waals surface area contributed by atoms with Crippen LogP contribution >= 0.6 is 0 Å². The van der Waals surface area contributed by atoms with Crippen molar-refractivity contribution >= 4 is 10.2 Å². The minimum absolute atomic E-state index is 0.175. The van der Waals surface area contributed by atoms with E-state index in [1.165, 1.54) is 28.3 Å². The molecule has 24 heavy (non-hydrogen) atoms. The summed E-state index contributed by atoms with van der Waals surface area (Å²) in [5, 5.41) is 0. The van der Waals surface area contributed by atoms with Crippen LogP contribution in [0.3, 0.4) is 0 Å². The highest BCUT2D eigenvalue weighted by Crippen LogP contribution is 2.25. The molecule has 1 atom stereocenters. The Morgan fingerprint density at radius 1 is 1.17 bits per heavy atom. The first-order valence-corrected chi connectivity index (χ1v) is 10.4. The predicted molar refractivity (Wildman–Crippen MR) is 95.2 cm³/mol. The van der Waals surface area contributed by atoms with Crippen LogP contribution in [0.2, 0.25) is 0 Å². The largest absolute Gasteiger partial charge is 0.381 e. The van der Waals surface area contributed by atoms with Crippen molar-refractivity contribution in [2.24, 2.45) is 0 Å². The lowest BCUT2D eigenvalue weighted by molar-refractivity contribution is 0.0601. The van der Waals surface area contributed by atoms with Gasteiger partial charge >= 0.3 is 0 Å². The van der Waals surface area contributed by atoms with Gasteiger partial charge in [-0.05, 0) is 62.1 Å². The molecule has 0 aromatic heterocycles. The van der Waals surface area contributed by atoms with Crippen molar-refractivity contribution in [1.82, 2.24) is 9.03 Å². The van der Waals surface area contributed by atoms with Gasteiger partial charge in [0.15, 0.2) is 0 Å².